The summed E-state index contributed by atoms with van der Waals surface area (Å²) in [4.78, 5) is 27.4. The molecule has 5 nitrogen and oxygen atoms in total. The van der Waals surface area contributed by atoms with E-state index < -0.39 is 0 Å². The van der Waals surface area contributed by atoms with Gasteiger partial charge in [0.05, 0.1) is 5.75 Å². The van der Waals surface area contributed by atoms with E-state index >= 15 is 0 Å². The van der Waals surface area contributed by atoms with Crippen LogP contribution < -0.4 is 10.6 Å². The molecule has 0 aliphatic carbocycles. The van der Waals surface area contributed by atoms with Crippen LogP contribution in [0.15, 0.2) is 24.3 Å². The Kier molecular flexibility index (Phi) is 6.64. The van der Waals surface area contributed by atoms with E-state index in [-0.39, 0.29) is 34.2 Å². The van der Waals surface area contributed by atoms with Crippen molar-refractivity contribution < 1.29 is 14.9 Å². The monoisotopic (exact) mass is 418 g/mol. The number of nitrogens with two attached hydrogens (primary N) is 1. The van der Waals surface area contributed by atoms with Crippen LogP contribution in [0.3, 0.4) is 0 Å². The Bertz CT molecular complexity index is 733. The number of piperidine rings is 1. The topological polar surface area (TPSA) is 66.0 Å². The molecule has 29 heavy (non-hydrogen) atoms. The average molecular weight is 419 g/mol. The lowest BCUT2D eigenvalue weighted by Gasteiger charge is -2.36. The molecule has 0 saturated carbocycles. The molecule has 1 aromatic rings. The van der Waals surface area contributed by atoms with Gasteiger partial charge in [0.15, 0.2) is 6.04 Å². The van der Waals surface area contributed by atoms with Crippen molar-refractivity contribution in [1.29, 1.82) is 0 Å². The summed E-state index contributed by atoms with van der Waals surface area (Å²) in [5.41, 5.74) is 2.10. The number of hydrogen-bond donors (Lipinski definition) is 2. The summed E-state index contributed by atoms with van der Waals surface area (Å²) in [6.07, 6.45) is 2.80. The quantitative estimate of drug-likeness (QED) is 0.790. The van der Waals surface area contributed by atoms with Gasteiger partial charge in [-0.05, 0) is 36.5 Å². The number of quaternary nitrogens is 1. The van der Waals surface area contributed by atoms with Gasteiger partial charge in [-0.15, -0.1) is 0 Å². The Morgan fingerprint density at radius 2 is 1.86 bits per heavy atom. The van der Waals surface area contributed by atoms with Crippen LogP contribution in [-0.2, 0) is 10.2 Å². The van der Waals surface area contributed by atoms with Crippen LogP contribution in [0.2, 0.25) is 0 Å². The molecule has 0 bridgehead atoms. The molecule has 2 aliphatic heterocycles. The fourth-order valence-electron chi connectivity index (χ4n) is 4.02. The molecule has 1 spiro atoms. The first kappa shape index (κ1) is 22.2. The third kappa shape index (κ3) is 5.15. The number of thioether (sulfide) groups is 1. The highest BCUT2D eigenvalue weighted by Crippen LogP contribution is 2.34. The van der Waals surface area contributed by atoms with Crippen LogP contribution in [0.4, 0.5) is 0 Å². The second kappa shape index (κ2) is 8.68. The summed E-state index contributed by atoms with van der Waals surface area (Å²) in [5.74, 6) is 1.13. The second-order valence-electron chi connectivity index (χ2n) is 9.59. The normalized spacial score (nSPS) is 22.5. The lowest BCUT2D eigenvalue weighted by Crippen LogP contribution is -3.00. The second-order valence-corrected chi connectivity index (χ2v) is 11.0. The van der Waals surface area contributed by atoms with Gasteiger partial charge in [0, 0.05) is 37.5 Å². The first-order valence-corrected chi connectivity index (χ1v) is 11.8. The zero-order valence-corrected chi connectivity index (χ0v) is 19.3. The Morgan fingerprint density at radius 3 is 2.41 bits per heavy atom. The van der Waals surface area contributed by atoms with Crippen molar-refractivity contribution in [2.45, 2.75) is 76.3 Å². The summed E-state index contributed by atoms with van der Waals surface area (Å²) in [5, 5.41) is 5.37. The van der Waals surface area contributed by atoms with E-state index in [2.05, 4.69) is 50.5 Å². The molecule has 3 rings (SSSR count). The summed E-state index contributed by atoms with van der Waals surface area (Å²) in [7, 11) is 0. The summed E-state index contributed by atoms with van der Waals surface area (Å²) < 4.78 is 0. The van der Waals surface area contributed by atoms with Gasteiger partial charge in [-0.25, -0.2) is 0 Å². The van der Waals surface area contributed by atoms with E-state index in [1.807, 2.05) is 35.7 Å². The number of nitrogens with zero attached hydrogens (tertiary/aromatic N) is 1. The first-order valence-electron chi connectivity index (χ1n) is 10.8. The Hall–Kier alpha value is -1.53. The molecular weight excluding hydrogens is 382 g/mol. The van der Waals surface area contributed by atoms with Gasteiger partial charge < -0.3 is 15.5 Å². The van der Waals surface area contributed by atoms with Crippen LogP contribution in [0.5, 0.6) is 0 Å². The molecule has 0 aromatic heterocycles. The Morgan fingerprint density at radius 1 is 1.24 bits per heavy atom. The molecule has 2 saturated heterocycles. The predicted molar refractivity (Wildman–Crippen MR) is 119 cm³/mol. The highest BCUT2D eigenvalue weighted by Gasteiger charge is 2.48. The molecule has 160 valence electrons. The highest BCUT2D eigenvalue weighted by atomic mass is 32.2. The maximum Gasteiger partial charge on any atom is 0.279 e. The van der Waals surface area contributed by atoms with E-state index in [1.165, 1.54) is 5.56 Å². The van der Waals surface area contributed by atoms with Crippen LogP contribution >= 0.6 is 11.8 Å². The molecule has 6 heteroatoms. The third-order valence-electron chi connectivity index (χ3n) is 6.29. The zero-order valence-electron chi connectivity index (χ0n) is 18.5. The van der Waals surface area contributed by atoms with Crippen molar-refractivity contribution in [2.24, 2.45) is 0 Å². The molecule has 0 radical (unpaired) electrons. The molecule has 2 aliphatic rings. The van der Waals surface area contributed by atoms with Crippen molar-refractivity contribution in [1.82, 2.24) is 10.2 Å². The number of carbonyl (C=O) groups excluding carboxylic acids is 2. The number of amides is 2. The first-order chi connectivity index (χ1) is 13.6. The number of nitrogens with one attached hydrogen (secondary N) is 1. The van der Waals surface area contributed by atoms with E-state index in [9.17, 15) is 9.59 Å². The zero-order chi connectivity index (χ0) is 21.2. The minimum Gasteiger partial charge on any atom is -0.348 e. The lowest BCUT2D eigenvalue weighted by atomic mass is 9.86. The van der Waals surface area contributed by atoms with E-state index in [4.69, 9.17) is 0 Å². The SMILES string of the molecule is CC[C@@H](C)NC(=O)[C@H]1CSC2(CCN(C(=O)c3ccc(C(C)(C)C)cc3)CC2)[NH2+]1. The number of rotatable bonds is 4. The fourth-order valence-corrected chi connectivity index (χ4v) is 5.51. The van der Waals surface area contributed by atoms with Crippen LogP contribution in [0, 0.1) is 0 Å². The van der Waals surface area contributed by atoms with Gasteiger partial charge in [0.25, 0.3) is 11.8 Å². The summed E-state index contributed by atoms with van der Waals surface area (Å²) >= 11 is 1.90. The molecule has 2 amide bonds. The van der Waals surface area contributed by atoms with Crippen molar-refractivity contribution in [3.8, 4) is 0 Å². The molecule has 0 unspecified atom stereocenters. The standard InChI is InChI=1S/C23H35N3O2S/c1-6-16(2)24-20(27)19-15-29-23(25-19)11-13-26(14-12-23)21(28)17-7-9-18(10-8-17)22(3,4)5/h7-10,16,19,25H,6,11-15H2,1-5H3,(H,24,27)/p+1/t16-,19-/m1/s1. The number of hydrogen-bond acceptors (Lipinski definition) is 3. The maximum atomic E-state index is 12.9. The molecule has 2 heterocycles. The van der Waals surface area contributed by atoms with Crippen molar-refractivity contribution in [2.75, 3.05) is 18.8 Å². The number of benzene rings is 1. The van der Waals surface area contributed by atoms with E-state index in [0.29, 0.717) is 0 Å². The largest absolute Gasteiger partial charge is 0.348 e. The fraction of sp³-hybridized carbons (Fsp3) is 0.652. The average Bonchev–Trinajstić information content (AvgIpc) is 3.11. The molecule has 2 fully saturated rings. The van der Waals surface area contributed by atoms with E-state index in [0.717, 1.165) is 43.7 Å². The third-order valence-corrected chi connectivity index (χ3v) is 7.93. The minimum absolute atomic E-state index is 0.0128. The van der Waals surface area contributed by atoms with Crippen molar-refractivity contribution in [3.63, 3.8) is 0 Å². The highest BCUT2D eigenvalue weighted by molar-refractivity contribution is 8.00. The lowest BCUT2D eigenvalue weighted by molar-refractivity contribution is -0.714. The van der Waals surface area contributed by atoms with Gasteiger partial charge in [0.1, 0.15) is 4.87 Å². The summed E-state index contributed by atoms with van der Waals surface area (Å²) in [6, 6.07) is 8.26. The summed E-state index contributed by atoms with van der Waals surface area (Å²) in [6.45, 7) is 12.2. The number of likely N-dealkylation sites (tertiary alicyclic amines) is 1. The molecular formula is C23H36N3O2S+. The van der Waals surface area contributed by atoms with Gasteiger partial charge >= 0.3 is 0 Å². The van der Waals surface area contributed by atoms with Gasteiger partial charge in [-0.3, -0.25) is 9.59 Å². The maximum absolute atomic E-state index is 12.9. The Balaban J connectivity index is 1.55. The van der Waals surface area contributed by atoms with Crippen LogP contribution in [0.25, 0.3) is 0 Å². The molecule has 3 N–H and O–H groups in total. The van der Waals surface area contributed by atoms with Gasteiger partial charge in [-0.1, -0.05) is 51.6 Å². The molecule has 1 aromatic carbocycles. The van der Waals surface area contributed by atoms with Crippen LogP contribution in [0.1, 0.15) is 69.8 Å². The smallest absolute Gasteiger partial charge is 0.279 e. The molecule has 2 atom stereocenters. The van der Waals surface area contributed by atoms with E-state index in [1.54, 1.807) is 0 Å². The Labute approximate surface area is 179 Å². The van der Waals surface area contributed by atoms with Gasteiger partial charge in [-0.2, -0.15) is 0 Å². The minimum atomic E-state index is -0.0128. The number of carbonyl (C=O) groups is 2. The van der Waals surface area contributed by atoms with Crippen molar-refractivity contribution >= 4 is 23.6 Å². The van der Waals surface area contributed by atoms with Crippen molar-refractivity contribution in [3.05, 3.63) is 35.4 Å². The van der Waals surface area contributed by atoms with Gasteiger partial charge in [0.2, 0.25) is 0 Å². The predicted octanol–water partition coefficient (Wildman–Crippen LogP) is 2.51. The van der Waals surface area contributed by atoms with Crippen LogP contribution in [-0.4, -0.2) is 52.5 Å².